The van der Waals surface area contributed by atoms with E-state index in [0.29, 0.717) is 23.8 Å². The number of ether oxygens (including phenoxy) is 1. The SMILES string of the molecule is CC1(NC(=O)c2cc3cc(N)ccc3s2)CCOC1. The van der Waals surface area contributed by atoms with E-state index in [2.05, 4.69) is 5.32 Å². The van der Waals surface area contributed by atoms with Gasteiger partial charge in [-0.15, -0.1) is 11.3 Å². The van der Waals surface area contributed by atoms with Crippen LogP contribution in [0.2, 0.25) is 0 Å². The topological polar surface area (TPSA) is 64.4 Å². The van der Waals surface area contributed by atoms with Crippen LogP contribution in [0.15, 0.2) is 24.3 Å². The smallest absolute Gasteiger partial charge is 0.261 e. The summed E-state index contributed by atoms with van der Waals surface area (Å²) in [6.45, 7) is 3.31. The third-order valence-electron chi connectivity index (χ3n) is 3.40. The molecule has 5 heteroatoms. The fourth-order valence-electron chi connectivity index (χ4n) is 2.28. The fraction of sp³-hybridized carbons (Fsp3) is 0.357. The molecule has 2 aromatic rings. The van der Waals surface area contributed by atoms with Gasteiger partial charge in [0, 0.05) is 17.0 Å². The summed E-state index contributed by atoms with van der Waals surface area (Å²) in [5.74, 6) is -0.0345. The molecule has 1 aliphatic rings. The highest BCUT2D eigenvalue weighted by Crippen LogP contribution is 2.28. The van der Waals surface area contributed by atoms with Gasteiger partial charge >= 0.3 is 0 Å². The lowest BCUT2D eigenvalue weighted by Crippen LogP contribution is -2.46. The van der Waals surface area contributed by atoms with Crippen molar-refractivity contribution in [1.82, 2.24) is 5.32 Å². The van der Waals surface area contributed by atoms with E-state index >= 15 is 0 Å². The first-order valence-electron chi connectivity index (χ1n) is 6.25. The van der Waals surface area contributed by atoms with Crippen LogP contribution in [-0.4, -0.2) is 24.7 Å². The molecule has 1 atom stereocenters. The van der Waals surface area contributed by atoms with E-state index in [9.17, 15) is 4.79 Å². The predicted molar refractivity (Wildman–Crippen MR) is 77.5 cm³/mol. The largest absolute Gasteiger partial charge is 0.399 e. The number of carbonyl (C=O) groups is 1. The Bertz CT molecular complexity index is 629. The second-order valence-corrected chi connectivity index (χ2v) is 6.31. The van der Waals surface area contributed by atoms with Gasteiger partial charge in [0.15, 0.2) is 0 Å². The lowest BCUT2D eigenvalue weighted by molar-refractivity contribution is 0.0894. The van der Waals surface area contributed by atoms with Crippen molar-refractivity contribution in [2.75, 3.05) is 18.9 Å². The van der Waals surface area contributed by atoms with Crippen LogP contribution in [0.5, 0.6) is 0 Å². The fourth-order valence-corrected chi connectivity index (χ4v) is 3.21. The zero-order valence-corrected chi connectivity index (χ0v) is 11.5. The zero-order chi connectivity index (χ0) is 13.5. The molecule has 0 spiro atoms. The Morgan fingerprint density at radius 3 is 3.05 bits per heavy atom. The zero-order valence-electron chi connectivity index (χ0n) is 10.7. The molecule has 1 aromatic heterocycles. The Balaban J connectivity index is 1.85. The lowest BCUT2D eigenvalue weighted by atomic mass is 10.0. The number of hydrogen-bond acceptors (Lipinski definition) is 4. The molecule has 1 aromatic carbocycles. The minimum absolute atomic E-state index is 0.0345. The molecular weight excluding hydrogens is 260 g/mol. The molecule has 1 aliphatic heterocycles. The van der Waals surface area contributed by atoms with Crippen molar-refractivity contribution in [3.05, 3.63) is 29.1 Å². The molecule has 0 saturated carbocycles. The Hall–Kier alpha value is -1.59. The highest BCUT2D eigenvalue weighted by Gasteiger charge is 2.31. The summed E-state index contributed by atoms with van der Waals surface area (Å²) >= 11 is 1.49. The van der Waals surface area contributed by atoms with Crippen molar-refractivity contribution in [2.45, 2.75) is 18.9 Å². The molecular formula is C14H16N2O2S. The van der Waals surface area contributed by atoms with Gasteiger partial charge in [-0.1, -0.05) is 0 Å². The number of thiophene rings is 1. The summed E-state index contributed by atoms with van der Waals surface area (Å²) in [7, 11) is 0. The molecule has 1 amide bonds. The number of nitrogens with two attached hydrogens (primary N) is 1. The van der Waals surface area contributed by atoms with E-state index in [0.717, 1.165) is 16.5 Å². The molecule has 1 fully saturated rings. The van der Waals surface area contributed by atoms with Crippen molar-refractivity contribution in [2.24, 2.45) is 0 Å². The monoisotopic (exact) mass is 276 g/mol. The number of amides is 1. The van der Waals surface area contributed by atoms with E-state index in [1.165, 1.54) is 11.3 Å². The number of carbonyl (C=O) groups excluding carboxylic acids is 1. The van der Waals surface area contributed by atoms with E-state index in [1.54, 1.807) is 0 Å². The van der Waals surface area contributed by atoms with Crippen molar-refractivity contribution in [3.8, 4) is 0 Å². The average Bonchev–Trinajstić information content (AvgIpc) is 2.95. The highest BCUT2D eigenvalue weighted by atomic mass is 32.1. The summed E-state index contributed by atoms with van der Waals surface area (Å²) < 4.78 is 6.42. The number of benzene rings is 1. The highest BCUT2D eigenvalue weighted by molar-refractivity contribution is 7.20. The van der Waals surface area contributed by atoms with Gasteiger partial charge in [0.25, 0.3) is 5.91 Å². The van der Waals surface area contributed by atoms with Crippen LogP contribution in [0.3, 0.4) is 0 Å². The lowest BCUT2D eigenvalue weighted by Gasteiger charge is -2.22. The van der Waals surface area contributed by atoms with Gasteiger partial charge in [-0.05, 0) is 43.0 Å². The number of nitrogens with one attached hydrogen (secondary N) is 1. The second-order valence-electron chi connectivity index (χ2n) is 5.23. The summed E-state index contributed by atoms with van der Waals surface area (Å²) in [6, 6.07) is 7.59. The van der Waals surface area contributed by atoms with Crippen LogP contribution < -0.4 is 11.1 Å². The van der Waals surface area contributed by atoms with E-state index in [-0.39, 0.29) is 11.4 Å². The number of nitrogen functional groups attached to an aromatic ring is 1. The third kappa shape index (κ3) is 2.43. The number of anilines is 1. The van der Waals surface area contributed by atoms with Crippen molar-refractivity contribution >= 4 is 33.0 Å². The molecule has 19 heavy (non-hydrogen) atoms. The van der Waals surface area contributed by atoms with Gasteiger partial charge in [0.2, 0.25) is 0 Å². The molecule has 0 radical (unpaired) electrons. The molecule has 0 bridgehead atoms. The molecule has 100 valence electrons. The van der Waals surface area contributed by atoms with Crippen LogP contribution in [-0.2, 0) is 4.74 Å². The maximum Gasteiger partial charge on any atom is 0.261 e. The molecule has 3 rings (SSSR count). The van der Waals surface area contributed by atoms with Gasteiger partial charge in [0.1, 0.15) is 0 Å². The maximum absolute atomic E-state index is 12.3. The van der Waals surface area contributed by atoms with Crippen LogP contribution in [0.1, 0.15) is 23.0 Å². The molecule has 3 N–H and O–H groups in total. The second kappa shape index (κ2) is 4.51. The van der Waals surface area contributed by atoms with Crippen LogP contribution in [0.4, 0.5) is 5.69 Å². The van der Waals surface area contributed by atoms with E-state index in [4.69, 9.17) is 10.5 Å². The summed E-state index contributed by atoms with van der Waals surface area (Å²) in [5.41, 5.74) is 6.22. The first kappa shape index (κ1) is 12.4. The molecule has 0 aliphatic carbocycles. The summed E-state index contributed by atoms with van der Waals surface area (Å²) in [6.07, 6.45) is 0.858. The summed E-state index contributed by atoms with van der Waals surface area (Å²) in [5, 5.41) is 4.08. The first-order chi connectivity index (χ1) is 9.06. The van der Waals surface area contributed by atoms with Crippen LogP contribution in [0.25, 0.3) is 10.1 Å². The maximum atomic E-state index is 12.3. The first-order valence-corrected chi connectivity index (χ1v) is 7.07. The number of hydrogen-bond donors (Lipinski definition) is 2. The van der Waals surface area contributed by atoms with Crippen molar-refractivity contribution in [3.63, 3.8) is 0 Å². The van der Waals surface area contributed by atoms with Crippen molar-refractivity contribution < 1.29 is 9.53 Å². The molecule has 2 heterocycles. The van der Waals surface area contributed by atoms with Crippen LogP contribution in [0, 0.1) is 0 Å². The normalized spacial score (nSPS) is 22.8. The standard InChI is InChI=1S/C14H16N2O2S/c1-14(4-5-18-8-14)16-13(17)12-7-9-6-10(15)2-3-11(9)19-12/h2-3,6-7H,4-5,8,15H2,1H3,(H,16,17). The Kier molecular flexibility index (Phi) is 2.95. The number of fused-ring (bicyclic) bond motifs is 1. The van der Waals surface area contributed by atoms with Gasteiger partial charge < -0.3 is 15.8 Å². The quantitative estimate of drug-likeness (QED) is 0.828. The average molecular weight is 276 g/mol. The van der Waals surface area contributed by atoms with Crippen molar-refractivity contribution in [1.29, 1.82) is 0 Å². The Morgan fingerprint density at radius 2 is 2.32 bits per heavy atom. The third-order valence-corrected chi connectivity index (χ3v) is 4.51. The molecule has 4 nitrogen and oxygen atoms in total. The number of rotatable bonds is 2. The Labute approximate surface area is 115 Å². The van der Waals surface area contributed by atoms with Gasteiger partial charge in [-0.25, -0.2) is 0 Å². The van der Waals surface area contributed by atoms with Crippen LogP contribution >= 0.6 is 11.3 Å². The minimum atomic E-state index is -0.244. The van der Waals surface area contributed by atoms with Gasteiger partial charge in [-0.2, -0.15) is 0 Å². The van der Waals surface area contributed by atoms with E-state index < -0.39 is 0 Å². The van der Waals surface area contributed by atoms with Gasteiger partial charge in [-0.3, -0.25) is 4.79 Å². The van der Waals surface area contributed by atoms with E-state index in [1.807, 2.05) is 31.2 Å². The van der Waals surface area contributed by atoms with Gasteiger partial charge in [0.05, 0.1) is 17.0 Å². The molecule has 1 unspecified atom stereocenters. The molecule has 1 saturated heterocycles. The predicted octanol–water partition coefficient (Wildman–Crippen LogP) is 2.39. The minimum Gasteiger partial charge on any atom is -0.399 e. The Morgan fingerprint density at radius 1 is 1.47 bits per heavy atom. The summed E-state index contributed by atoms with van der Waals surface area (Å²) in [4.78, 5) is 13.0.